The summed E-state index contributed by atoms with van der Waals surface area (Å²) < 4.78 is 0. The minimum Gasteiger partial charge on any atom is -0.398 e. The molecule has 4 heteroatoms. The third-order valence-electron chi connectivity index (χ3n) is 1.89. The molecule has 0 saturated carbocycles. The Kier molecular flexibility index (Phi) is 4.01. The number of thioether (sulfide) groups is 1. The number of anilines is 1. The Morgan fingerprint density at radius 2 is 2.21 bits per heavy atom. The van der Waals surface area contributed by atoms with E-state index in [9.17, 15) is 4.79 Å². The first-order valence-electron chi connectivity index (χ1n) is 4.18. The van der Waals surface area contributed by atoms with Crippen LogP contribution in [0.1, 0.15) is 17.3 Å². The minimum absolute atomic E-state index is 0.0263. The molecule has 0 fully saturated rings. The van der Waals surface area contributed by atoms with Crippen molar-refractivity contribution in [2.45, 2.75) is 16.6 Å². The van der Waals surface area contributed by atoms with Crippen molar-refractivity contribution in [2.75, 3.05) is 12.0 Å². The highest BCUT2D eigenvalue weighted by Gasteiger charge is 2.15. The number of carbonyl (C=O) groups excluding carboxylic acids is 1. The van der Waals surface area contributed by atoms with E-state index in [0.29, 0.717) is 11.3 Å². The van der Waals surface area contributed by atoms with Gasteiger partial charge >= 0.3 is 0 Å². The first-order valence-corrected chi connectivity index (χ1v) is 6.32. The lowest BCUT2D eigenvalue weighted by molar-refractivity contribution is 0.0996. The number of hydrogen-bond acceptors (Lipinski definition) is 3. The van der Waals surface area contributed by atoms with Gasteiger partial charge in [0.25, 0.3) is 0 Å². The zero-order valence-corrected chi connectivity index (χ0v) is 10.5. The van der Waals surface area contributed by atoms with Crippen LogP contribution in [0, 0.1) is 0 Å². The van der Waals surface area contributed by atoms with E-state index in [-0.39, 0.29) is 10.6 Å². The van der Waals surface area contributed by atoms with Crippen molar-refractivity contribution >= 4 is 39.2 Å². The van der Waals surface area contributed by atoms with Gasteiger partial charge in [0.1, 0.15) is 0 Å². The maximum atomic E-state index is 11.7. The van der Waals surface area contributed by atoms with E-state index >= 15 is 0 Å². The van der Waals surface area contributed by atoms with E-state index in [0.717, 1.165) is 4.90 Å². The lowest BCUT2D eigenvalue weighted by Crippen LogP contribution is -2.12. The number of benzene rings is 1. The predicted octanol–water partition coefficient (Wildman–Crippen LogP) is 2.96. The van der Waals surface area contributed by atoms with Gasteiger partial charge in [-0.1, -0.05) is 15.9 Å². The molecule has 0 saturated heterocycles. The summed E-state index contributed by atoms with van der Waals surface area (Å²) in [4.78, 5) is 12.6. The second kappa shape index (κ2) is 4.84. The van der Waals surface area contributed by atoms with Crippen molar-refractivity contribution in [3.8, 4) is 0 Å². The Bertz CT molecular complexity index is 352. The third kappa shape index (κ3) is 2.51. The standard InChI is InChI=1S/C10H12BrNOS/c1-6(11)10(13)8-5-7(14-2)3-4-9(8)12/h3-6H,12H2,1-2H3. The summed E-state index contributed by atoms with van der Waals surface area (Å²) in [6.07, 6.45) is 1.97. The van der Waals surface area contributed by atoms with Gasteiger partial charge in [0.05, 0.1) is 4.83 Å². The van der Waals surface area contributed by atoms with Crippen molar-refractivity contribution in [1.29, 1.82) is 0 Å². The molecule has 14 heavy (non-hydrogen) atoms. The van der Waals surface area contributed by atoms with Crippen LogP contribution >= 0.6 is 27.7 Å². The van der Waals surface area contributed by atoms with E-state index in [1.807, 2.05) is 18.4 Å². The smallest absolute Gasteiger partial charge is 0.178 e. The van der Waals surface area contributed by atoms with Crippen LogP contribution in [0.3, 0.4) is 0 Å². The summed E-state index contributed by atoms with van der Waals surface area (Å²) in [5, 5.41) is 0. The van der Waals surface area contributed by atoms with Crippen LogP contribution in [0.15, 0.2) is 23.1 Å². The second-order valence-electron chi connectivity index (χ2n) is 2.93. The molecule has 1 aromatic carbocycles. The SMILES string of the molecule is CSc1ccc(N)c(C(=O)C(C)Br)c1. The predicted molar refractivity (Wildman–Crippen MR) is 65.4 cm³/mol. The van der Waals surface area contributed by atoms with Crippen LogP contribution in [0.5, 0.6) is 0 Å². The number of carbonyl (C=O) groups is 1. The van der Waals surface area contributed by atoms with Gasteiger partial charge in [0, 0.05) is 16.1 Å². The largest absolute Gasteiger partial charge is 0.398 e. The van der Waals surface area contributed by atoms with Gasteiger partial charge in [-0.2, -0.15) is 0 Å². The normalized spacial score (nSPS) is 12.5. The van der Waals surface area contributed by atoms with E-state index in [2.05, 4.69) is 15.9 Å². The molecule has 76 valence electrons. The number of halogens is 1. The van der Waals surface area contributed by atoms with Gasteiger partial charge in [-0.25, -0.2) is 0 Å². The van der Waals surface area contributed by atoms with Crippen LogP contribution in [0.2, 0.25) is 0 Å². The van der Waals surface area contributed by atoms with Gasteiger partial charge in [0.15, 0.2) is 5.78 Å². The van der Waals surface area contributed by atoms with Gasteiger partial charge in [-0.3, -0.25) is 4.79 Å². The number of rotatable bonds is 3. The van der Waals surface area contributed by atoms with E-state index in [1.165, 1.54) is 0 Å². The molecule has 2 N–H and O–H groups in total. The Morgan fingerprint density at radius 1 is 1.57 bits per heavy atom. The van der Waals surface area contributed by atoms with Crippen LogP contribution in [0.25, 0.3) is 0 Å². The number of alkyl halides is 1. The molecule has 1 unspecified atom stereocenters. The zero-order valence-electron chi connectivity index (χ0n) is 8.08. The van der Waals surface area contributed by atoms with Crippen molar-refractivity contribution in [3.05, 3.63) is 23.8 Å². The molecular weight excluding hydrogens is 262 g/mol. The molecule has 0 aromatic heterocycles. The highest BCUT2D eigenvalue weighted by molar-refractivity contribution is 9.10. The molecule has 1 atom stereocenters. The van der Waals surface area contributed by atoms with E-state index in [4.69, 9.17) is 5.73 Å². The third-order valence-corrected chi connectivity index (χ3v) is 3.03. The molecule has 0 radical (unpaired) electrons. The summed E-state index contributed by atoms with van der Waals surface area (Å²) in [5.74, 6) is 0.0263. The highest BCUT2D eigenvalue weighted by Crippen LogP contribution is 2.23. The summed E-state index contributed by atoms with van der Waals surface area (Å²) in [7, 11) is 0. The Morgan fingerprint density at radius 3 is 2.71 bits per heavy atom. The molecule has 0 bridgehead atoms. The fourth-order valence-corrected chi connectivity index (χ4v) is 1.78. The average Bonchev–Trinajstić information content (AvgIpc) is 2.17. The van der Waals surface area contributed by atoms with E-state index < -0.39 is 0 Å². The number of hydrogen-bond donors (Lipinski definition) is 1. The molecule has 0 amide bonds. The molecule has 0 heterocycles. The first kappa shape index (κ1) is 11.6. The molecular formula is C10H12BrNOS. The lowest BCUT2D eigenvalue weighted by atomic mass is 10.1. The maximum absolute atomic E-state index is 11.7. The number of Topliss-reactive ketones (excluding diaryl/α,β-unsaturated/α-hetero) is 1. The van der Waals surface area contributed by atoms with Crippen LogP contribution in [0.4, 0.5) is 5.69 Å². The molecule has 0 spiro atoms. The van der Waals surface area contributed by atoms with Crippen molar-refractivity contribution < 1.29 is 4.79 Å². The van der Waals surface area contributed by atoms with Gasteiger partial charge < -0.3 is 5.73 Å². The minimum atomic E-state index is -0.193. The molecule has 0 aliphatic carbocycles. The van der Waals surface area contributed by atoms with E-state index in [1.54, 1.807) is 24.8 Å². The number of nitrogens with two attached hydrogens (primary N) is 1. The van der Waals surface area contributed by atoms with Crippen molar-refractivity contribution in [2.24, 2.45) is 0 Å². The number of nitrogen functional groups attached to an aromatic ring is 1. The second-order valence-corrected chi connectivity index (χ2v) is 5.19. The zero-order chi connectivity index (χ0) is 10.7. The van der Waals surface area contributed by atoms with Crippen LogP contribution < -0.4 is 5.73 Å². The summed E-state index contributed by atoms with van der Waals surface area (Å²) >= 11 is 4.84. The quantitative estimate of drug-likeness (QED) is 0.399. The summed E-state index contributed by atoms with van der Waals surface area (Å²) in [6.45, 7) is 1.80. The summed E-state index contributed by atoms with van der Waals surface area (Å²) in [6, 6.07) is 5.52. The lowest BCUT2D eigenvalue weighted by Gasteiger charge is -2.07. The average molecular weight is 274 g/mol. The molecule has 1 rings (SSSR count). The fraction of sp³-hybridized carbons (Fsp3) is 0.300. The van der Waals surface area contributed by atoms with Crippen LogP contribution in [-0.2, 0) is 0 Å². The maximum Gasteiger partial charge on any atom is 0.178 e. The molecule has 0 aliphatic heterocycles. The summed E-state index contributed by atoms with van der Waals surface area (Å²) in [5.41, 5.74) is 6.87. The van der Waals surface area contributed by atoms with Crippen LogP contribution in [-0.4, -0.2) is 16.9 Å². The molecule has 1 aromatic rings. The topological polar surface area (TPSA) is 43.1 Å². The van der Waals surface area contributed by atoms with Gasteiger partial charge in [0.2, 0.25) is 0 Å². The van der Waals surface area contributed by atoms with Gasteiger partial charge in [-0.05, 0) is 31.4 Å². The fourth-order valence-electron chi connectivity index (χ4n) is 1.09. The molecule has 0 aliphatic rings. The Labute approximate surface area is 96.4 Å². The first-order chi connectivity index (χ1) is 6.56. The Hall–Kier alpha value is -0.480. The van der Waals surface area contributed by atoms with Crippen molar-refractivity contribution in [1.82, 2.24) is 0 Å². The highest BCUT2D eigenvalue weighted by atomic mass is 79.9. The van der Waals surface area contributed by atoms with Gasteiger partial charge in [-0.15, -0.1) is 11.8 Å². The monoisotopic (exact) mass is 273 g/mol. The van der Waals surface area contributed by atoms with Crippen molar-refractivity contribution in [3.63, 3.8) is 0 Å². The number of ketones is 1. The Balaban J connectivity index is 3.12. The molecule has 2 nitrogen and oxygen atoms in total.